The summed E-state index contributed by atoms with van der Waals surface area (Å²) in [7, 11) is 0. The monoisotopic (exact) mass is 907 g/mol. The molecule has 0 aromatic carbocycles. The molecule has 0 saturated heterocycles. The Kier molecular flexibility index (Phi) is 37.3. The lowest BCUT2D eigenvalue weighted by molar-refractivity contribution is -0.172. The van der Waals surface area contributed by atoms with E-state index < -0.39 is 22.7 Å². The third-order valence-corrected chi connectivity index (χ3v) is 12.6. The van der Waals surface area contributed by atoms with E-state index in [1.165, 1.54) is 161 Å². The van der Waals surface area contributed by atoms with Gasteiger partial charge in [0.1, 0.15) is 6.61 Å². The van der Waals surface area contributed by atoms with Gasteiger partial charge in [0.05, 0.1) is 28.3 Å². The third kappa shape index (κ3) is 40.6. The quantitative estimate of drug-likeness (QED) is 0.0466. The molecule has 380 valence electrons. The second-order valence-electron chi connectivity index (χ2n) is 22.5. The Labute approximate surface area is 398 Å². The predicted molar refractivity (Wildman–Crippen MR) is 273 cm³/mol. The zero-order chi connectivity index (χ0) is 48.0. The molecule has 2 N–H and O–H groups in total. The number of esters is 1. The van der Waals surface area contributed by atoms with Crippen LogP contribution in [0.2, 0.25) is 0 Å². The Hall–Kier alpha value is -1.67. The molecule has 1 atom stereocenters. The van der Waals surface area contributed by atoms with Gasteiger partial charge < -0.3 is 24.8 Å². The lowest BCUT2D eigenvalue weighted by Gasteiger charge is -2.40. The molecule has 0 aliphatic heterocycles. The van der Waals surface area contributed by atoms with Crippen molar-refractivity contribution in [1.29, 1.82) is 0 Å². The Morgan fingerprint density at radius 2 is 0.828 bits per heavy atom. The van der Waals surface area contributed by atoms with Crippen molar-refractivity contribution in [3.8, 4) is 0 Å². The first-order chi connectivity index (χ1) is 30.3. The van der Waals surface area contributed by atoms with E-state index in [1.807, 2.05) is 48.5 Å². The highest BCUT2D eigenvalue weighted by Crippen LogP contribution is 2.35. The van der Waals surface area contributed by atoms with Crippen LogP contribution in [0, 0.1) is 5.41 Å². The van der Waals surface area contributed by atoms with Crippen molar-refractivity contribution in [2.45, 2.75) is 317 Å². The summed E-state index contributed by atoms with van der Waals surface area (Å²) in [5, 5.41) is 6.13. The van der Waals surface area contributed by atoms with E-state index >= 15 is 0 Å². The Bertz CT molecular complexity index is 1130. The normalized spacial score (nSPS) is 13.0. The van der Waals surface area contributed by atoms with Gasteiger partial charge in [-0.2, -0.15) is 0 Å². The maximum absolute atomic E-state index is 13.6. The number of nitrogens with one attached hydrogen (secondary N) is 2. The fraction of sp³-hybridized carbons (Fsp3) is 0.946. The van der Waals surface area contributed by atoms with Crippen LogP contribution < -0.4 is 10.6 Å². The zero-order valence-corrected chi connectivity index (χ0v) is 44.7. The number of hydrogen-bond acceptors (Lipinski definition) is 6. The fourth-order valence-corrected chi connectivity index (χ4v) is 9.04. The molecule has 1 unspecified atom stereocenters. The smallest absolute Gasteiger partial charge is 0.311 e. The van der Waals surface area contributed by atoms with Crippen LogP contribution in [-0.2, 0) is 28.6 Å². The van der Waals surface area contributed by atoms with E-state index in [-0.39, 0.29) is 36.5 Å². The number of rotatable bonds is 45. The SMILES string of the molecule is CCCCCCCCCCCCCCCCCC(=O)NCC(COC(=O)C(C)(C)CC(C)(C)OC(C)(C)CCOC(C)(C)C)NC(=O)CCCCCCCCCCCCCCCCC. The first-order valence-corrected chi connectivity index (χ1v) is 27.4. The van der Waals surface area contributed by atoms with Gasteiger partial charge in [-0.05, 0) is 88.0 Å². The number of hydrogen-bond donors (Lipinski definition) is 2. The van der Waals surface area contributed by atoms with Crippen LogP contribution in [-0.4, -0.2) is 60.4 Å². The number of unbranched alkanes of at least 4 members (excludes halogenated alkanes) is 28. The molecular weight excluding hydrogens is 797 g/mol. The van der Waals surface area contributed by atoms with Crippen molar-refractivity contribution in [3.05, 3.63) is 0 Å². The number of carbonyl (C=O) groups is 3. The predicted octanol–water partition coefficient (Wildman–Crippen LogP) is 15.8. The van der Waals surface area contributed by atoms with Crippen LogP contribution in [0.4, 0.5) is 0 Å². The summed E-state index contributed by atoms with van der Waals surface area (Å²) in [5.74, 6) is -0.417. The molecule has 0 aromatic heterocycles. The third-order valence-electron chi connectivity index (χ3n) is 12.6. The molecule has 0 spiro atoms. The van der Waals surface area contributed by atoms with Crippen LogP contribution in [0.15, 0.2) is 0 Å². The van der Waals surface area contributed by atoms with Gasteiger partial charge in [0.25, 0.3) is 0 Å². The van der Waals surface area contributed by atoms with Crippen LogP contribution in [0.5, 0.6) is 0 Å². The molecule has 0 rings (SSSR count). The molecule has 0 aliphatic rings. The van der Waals surface area contributed by atoms with Gasteiger partial charge in [-0.3, -0.25) is 14.4 Å². The first kappa shape index (κ1) is 62.3. The van der Waals surface area contributed by atoms with E-state index in [9.17, 15) is 14.4 Å². The minimum absolute atomic E-state index is 0.00300. The van der Waals surface area contributed by atoms with Crippen molar-refractivity contribution < 1.29 is 28.6 Å². The summed E-state index contributed by atoms with van der Waals surface area (Å²) >= 11 is 0. The summed E-state index contributed by atoms with van der Waals surface area (Å²) in [6.45, 7) is 23.4. The molecule has 0 radical (unpaired) electrons. The number of carbonyl (C=O) groups excluding carboxylic acids is 3. The van der Waals surface area contributed by atoms with Crippen molar-refractivity contribution in [2.75, 3.05) is 19.8 Å². The van der Waals surface area contributed by atoms with Gasteiger partial charge in [0, 0.05) is 26.0 Å². The number of amides is 2. The highest BCUT2D eigenvalue weighted by molar-refractivity contribution is 5.78. The zero-order valence-electron chi connectivity index (χ0n) is 44.7. The van der Waals surface area contributed by atoms with Crippen molar-refractivity contribution in [2.24, 2.45) is 5.41 Å². The van der Waals surface area contributed by atoms with Crippen molar-refractivity contribution >= 4 is 17.8 Å². The lowest BCUT2D eigenvalue weighted by atomic mass is 9.81. The molecule has 0 aromatic rings. The van der Waals surface area contributed by atoms with Crippen LogP contribution in [0.25, 0.3) is 0 Å². The summed E-state index contributed by atoms with van der Waals surface area (Å²) in [5.41, 5.74) is -2.09. The second-order valence-corrected chi connectivity index (χ2v) is 22.5. The highest BCUT2D eigenvalue weighted by Gasteiger charge is 2.40. The maximum Gasteiger partial charge on any atom is 0.311 e. The Morgan fingerprint density at radius 3 is 1.20 bits per heavy atom. The summed E-state index contributed by atoms with van der Waals surface area (Å²) < 4.78 is 18.4. The minimum Gasteiger partial charge on any atom is -0.463 e. The topological polar surface area (TPSA) is 103 Å². The van der Waals surface area contributed by atoms with E-state index in [0.717, 1.165) is 38.5 Å². The second kappa shape index (κ2) is 38.3. The van der Waals surface area contributed by atoms with Crippen LogP contribution in [0.1, 0.15) is 294 Å². The van der Waals surface area contributed by atoms with E-state index in [2.05, 4.69) is 38.3 Å². The molecular formula is C56H110N2O6. The molecule has 0 saturated carbocycles. The molecule has 8 nitrogen and oxygen atoms in total. The van der Waals surface area contributed by atoms with Crippen molar-refractivity contribution in [1.82, 2.24) is 10.6 Å². The maximum atomic E-state index is 13.6. The first-order valence-electron chi connectivity index (χ1n) is 27.4. The van der Waals surface area contributed by atoms with E-state index in [1.54, 1.807) is 0 Å². The fourth-order valence-electron chi connectivity index (χ4n) is 9.04. The van der Waals surface area contributed by atoms with E-state index in [0.29, 0.717) is 25.9 Å². The Balaban J connectivity index is 4.85. The van der Waals surface area contributed by atoms with E-state index in [4.69, 9.17) is 14.2 Å². The molecule has 0 aliphatic carbocycles. The van der Waals surface area contributed by atoms with Gasteiger partial charge in [0.2, 0.25) is 11.8 Å². The van der Waals surface area contributed by atoms with Crippen LogP contribution in [0.3, 0.4) is 0 Å². The average Bonchev–Trinajstić information content (AvgIpc) is 3.20. The van der Waals surface area contributed by atoms with Gasteiger partial charge in [-0.1, -0.05) is 194 Å². The molecule has 0 bridgehead atoms. The minimum atomic E-state index is -0.833. The highest BCUT2D eigenvalue weighted by atomic mass is 16.5. The summed E-state index contributed by atoms with van der Waals surface area (Å²) in [6.07, 6.45) is 40.6. The van der Waals surface area contributed by atoms with Gasteiger partial charge in [-0.25, -0.2) is 0 Å². The summed E-state index contributed by atoms with van der Waals surface area (Å²) in [4.78, 5) is 39.7. The molecule has 64 heavy (non-hydrogen) atoms. The van der Waals surface area contributed by atoms with Gasteiger partial charge in [0.15, 0.2) is 0 Å². The molecule has 0 heterocycles. The standard InChI is InChI=1S/C56H110N2O6/c1-12-14-16-18-20-22-24-26-28-30-32-34-36-38-40-42-50(59)57-46-49(58-51(60)43-41-39-37-35-33-31-29-27-25-23-21-19-17-15-13-2)47-62-52(61)54(6,7)48-56(10,11)64-55(8,9)44-45-63-53(3,4)5/h49H,12-48H2,1-11H3,(H,57,59)(H,58,60). The van der Waals surface area contributed by atoms with Crippen LogP contribution >= 0.6 is 0 Å². The molecule has 0 fully saturated rings. The van der Waals surface area contributed by atoms with Gasteiger partial charge >= 0.3 is 5.97 Å². The summed E-state index contributed by atoms with van der Waals surface area (Å²) in [6, 6.07) is -0.500. The average molecular weight is 908 g/mol. The largest absolute Gasteiger partial charge is 0.463 e. The number of ether oxygens (including phenoxy) is 3. The Morgan fingerprint density at radius 1 is 0.469 bits per heavy atom. The molecule has 8 heteroatoms. The lowest BCUT2D eigenvalue weighted by Crippen LogP contribution is -2.48. The molecule has 2 amide bonds. The van der Waals surface area contributed by atoms with Crippen molar-refractivity contribution in [3.63, 3.8) is 0 Å². The van der Waals surface area contributed by atoms with Gasteiger partial charge in [-0.15, -0.1) is 0 Å².